The quantitative estimate of drug-likeness (QED) is 0.440. The number of hydrogen-bond donors (Lipinski definition) is 0. The van der Waals surface area contributed by atoms with Crippen LogP contribution in [0.15, 0.2) is 60.7 Å². The highest BCUT2D eigenvalue weighted by molar-refractivity contribution is 6.33. The molecule has 0 saturated carbocycles. The van der Waals surface area contributed by atoms with Crippen molar-refractivity contribution in [1.82, 2.24) is 20.0 Å². The summed E-state index contributed by atoms with van der Waals surface area (Å²) in [5, 5.41) is 9.40. The predicted molar refractivity (Wildman–Crippen MR) is 143 cm³/mol. The number of amides is 2. The lowest BCUT2D eigenvalue weighted by Crippen LogP contribution is -2.47. The van der Waals surface area contributed by atoms with Crippen molar-refractivity contribution in [3.8, 4) is 11.3 Å². The Kier molecular flexibility index (Phi) is 8.71. The van der Waals surface area contributed by atoms with E-state index in [1.807, 2.05) is 50.2 Å². The van der Waals surface area contributed by atoms with Crippen molar-refractivity contribution in [2.45, 2.75) is 32.7 Å². The number of rotatable bonds is 7. The summed E-state index contributed by atoms with van der Waals surface area (Å²) in [4.78, 5) is 31.9. The molecule has 9 heteroatoms. The van der Waals surface area contributed by atoms with E-state index in [0.29, 0.717) is 42.3 Å². The number of anilines is 1. The van der Waals surface area contributed by atoms with Crippen LogP contribution in [0.25, 0.3) is 11.3 Å². The Morgan fingerprint density at radius 1 is 1.00 bits per heavy atom. The van der Waals surface area contributed by atoms with Gasteiger partial charge in [-0.2, -0.15) is 0 Å². The van der Waals surface area contributed by atoms with Crippen LogP contribution in [0.4, 0.5) is 10.2 Å². The van der Waals surface area contributed by atoms with Crippen molar-refractivity contribution in [2.75, 3.05) is 37.6 Å². The zero-order chi connectivity index (χ0) is 26.4. The van der Waals surface area contributed by atoms with Crippen LogP contribution in [-0.2, 0) is 4.79 Å². The van der Waals surface area contributed by atoms with Crippen LogP contribution in [0.2, 0.25) is 5.02 Å². The third-order valence-electron chi connectivity index (χ3n) is 6.75. The van der Waals surface area contributed by atoms with E-state index in [4.69, 9.17) is 11.6 Å². The summed E-state index contributed by atoms with van der Waals surface area (Å²) < 4.78 is 13.3. The number of aromatic nitrogens is 2. The summed E-state index contributed by atoms with van der Waals surface area (Å²) >= 11 is 6.28. The molecule has 0 radical (unpaired) electrons. The van der Waals surface area contributed by atoms with E-state index in [9.17, 15) is 14.0 Å². The van der Waals surface area contributed by atoms with Crippen LogP contribution in [-0.4, -0.2) is 70.6 Å². The lowest BCUT2D eigenvalue weighted by molar-refractivity contribution is -0.132. The monoisotopic (exact) mass is 523 g/mol. The molecule has 1 aromatic heterocycles. The van der Waals surface area contributed by atoms with Crippen LogP contribution in [0.1, 0.15) is 37.0 Å². The van der Waals surface area contributed by atoms with Gasteiger partial charge in [0.1, 0.15) is 12.4 Å². The number of halogens is 2. The fraction of sp³-hybridized carbons (Fsp3) is 0.357. The summed E-state index contributed by atoms with van der Waals surface area (Å²) in [5.74, 6) is -0.0244. The first-order valence-electron chi connectivity index (χ1n) is 12.5. The fourth-order valence-electron chi connectivity index (χ4n) is 4.35. The zero-order valence-electron chi connectivity index (χ0n) is 21.1. The molecular formula is C28H31ClFN5O2. The number of carbonyl (C=O) groups is 2. The molecule has 0 spiro atoms. The Bertz CT molecular complexity index is 1220. The van der Waals surface area contributed by atoms with Gasteiger partial charge in [-0.25, -0.2) is 4.39 Å². The van der Waals surface area contributed by atoms with Crippen molar-refractivity contribution in [1.29, 1.82) is 0 Å². The van der Waals surface area contributed by atoms with E-state index in [1.165, 1.54) is 24.3 Å². The molecule has 1 saturated heterocycles. The van der Waals surface area contributed by atoms with Crippen LogP contribution in [0, 0.1) is 5.82 Å². The second-order valence-corrected chi connectivity index (χ2v) is 9.58. The zero-order valence-corrected chi connectivity index (χ0v) is 21.9. The van der Waals surface area contributed by atoms with Gasteiger partial charge in [-0.3, -0.25) is 9.59 Å². The minimum Gasteiger partial charge on any atom is -0.353 e. The predicted octanol–water partition coefficient (Wildman–Crippen LogP) is 4.92. The molecule has 1 fully saturated rings. The first kappa shape index (κ1) is 26.5. The molecule has 0 N–H and O–H groups in total. The fourth-order valence-corrected chi connectivity index (χ4v) is 4.59. The van der Waals surface area contributed by atoms with E-state index in [1.54, 1.807) is 9.80 Å². The molecule has 0 unspecified atom stereocenters. The Hall–Kier alpha value is -3.52. The van der Waals surface area contributed by atoms with Crippen LogP contribution < -0.4 is 4.90 Å². The van der Waals surface area contributed by atoms with Gasteiger partial charge in [-0.15, -0.1) is 10.2 Å². The Labute approximate surface area is 221 Å². The highest BCUT2D eigenvalue weighted by Gasteiger charge is 2.27. The molecule has 2 heterocycles. The Morgan fingerprint density at radius 3 is 2.43 bits per heavy atom. The van der Waals surface area contributed by atoms with Gasteiger partial charge in [0, 0.05) is 43.3 Å². The second-order valence-electron chi connectivity index (χ2n) is 9.18. The van der Waals surface area contributed by atoms with E-state index >= 15 is 0 Å². The molecule has 37 heavy (non-hydrogen) atoms. The Morgan fingerprint density at radius 2 is 1.76 bits per heavy atom. The largest absolute Gasteiger partial charge is 0.353 e. The molecule has 194 valence electrons. The van der Waals surface area contributed by atoms with Gasteiger partial charge in [-0.1, -0.05) is 36.7 Å². The van der Waals surface area contributed by atoms with Gasteiger partial charge in [0.2, 0.25) is 5.91 Å². The topological polar surface area (TPSA) is 69.6 Å². The molecule has 0 aliphatic carbocycles. The van der Waals surface area contributed by atoms with Crippen LogP contribution >= 0.6 is 11.6 Å². The minimum atomic E-state index is -0.403. The van der Waals surface area contributed by atoms with E-state index in [0.717, 1.165) is 24.3 Å². The average Bonchev–Trinajstić information content (AvgIpc) is 3.18. The number of nitrogens with zero attached hydrogens (tertiary/aromatic N) is 5. The Balaban J connectivity index is 1.40. The van der Waals surface area contributed by atoms with E-state index < -0.39 is 5.82 Å². The van der Waals surface area contributed by atoms with Gasteiger partial charge < -0.3 is 14.7 Å². The van der Waals surface area contributed by atoms with Crippen molar-refractivity contribution in [3.05, 3.63) is 77.1 Å². The maximum absolute atomic E-state index is 13.3. The first-order valence-corrected chi connectivity index (χ1v) is 12.9. The van der Waals surface area contributed by atoms with Crippen molar-refractivity contribution < 1.29 is 14.0 Å². The molecule has 4 rings (SSSR count). The standard InChI is InChI=1S/C28H31ClFN5O2/c1-3-20(2)35(28(37)21-9-11-22(30)12-10-21)19-27(36)34-16-6-15-33(17-18-34)26-14-13-25(31-32-26)23-7-4-5-8-24(23)29/h4-5,7-14,20H,3,6,15-19H2,1-2H3/t20-/m0/s1. The molecule has 1 aliphatic rings. The number of hydrogen-bond acceptors (Lipinski definition) is 5. The maximum Gasteiger partial charge on any atom is 0.254 e. The minimum absolute atomic E-state index is 0.0163. The molecule has 1 atom stereocenters. The van der Waals surface area contributed by atoms with Gasteiger partial charge in [-0.05, 0) is 62.2 Å². The highest BCUT2D eigenvalue weighted by atomic mass is 35.5. The summed E-state index contributed by atoms with van der Waals surface area (Å²) in [7, 11) is 0. The van der Waals surface area contributed by atoms with Gasteiger partial charge >= 0.3 is 0 Å². The van der Waals surface area contributed by atoms with Crippen molar-refractivity contribution in [2.24, 2.45) is 0 Å². The molecule has 7 nitrogen and oxygen atoms in total. The third kappa shape index (κ3) is 6.43. The molecule has 2 amide bonds. The molecular weight excluding hydrogens is 493 g/mol. The lowest BCUT2D eigenvalue weighted by Gasteiger charge is -2.31. The maximum atomic E-state index is 13.3. The molecule has 3 aromatic rings. The smallest absolute Gasteiger partial charge is 0.254 e. The SMILES string of the molecule is CC[C@H](C)N(CC(=O)N1CCCN(c2ccc(-c3ccccc3Cl)nn2)CC1)C(=O)c1ccc(F)cc1. The van der Waals surface area contributed by atoms with Crippen LogP contribution in [0.5, 0.6) is 0 Å². The van der Waals surface area contributed by atoms with E-state index in [-0.39, 0.29) is 24.4 Å². The lowest BCUT2D eigenvalue weighted by atomic mass is 10.1. The third-order valence-corrected chi connectivity index (χ3v) is 7.08. The van der Waals surface area contributed by atoms with Gasteiger partial charge in [0.05, 0.1) is 10.7 Å². The highest BCUT2D eigenvalue weighted by Crippen LogP contribution is 2.26. The van der Waals surface area contributed by atoms with Gasteiger partial charge in [0.25, 0.3) is 5.91 Å². The number of benzene rings is 2. The van der Waals surface area contributed by atoms with E-state index in [2.05, 4.69) is 15.1 Å². The summed E-state index contributed by atoms with van der Waals surface area (Å²) in [6, 6.07) is 16.7. The van der Waals surface area contributed by atoms with Crippen molar-refractivity contribution in [3.63, 3.8) is 0 Å². The summed E-state index contributed by atoms with van der Waals surface area (Å²) in [6.07, 6.45) is 1.48. The average molecular weight is 524 g/mol. The first-order chi connectivity index (χ1) is 17.9. The van der Waals surface area contributed by atoms with Crippen LogP contribution in [0.3, 0.4) is 0 Å². The molecule has 1 aliphatic heterocycles. The molecule has 0 bridgehead atoms. The second kappa shape index (κ2) is 12.1. The summed E-state index contributed by atoms with van der Waals surface area (Å²) in [5.41, 5.74) is 1.91. The normalized spacial score (nSPS) is 14.7. The van der Waals surface area contributed by atoms with Gasteiger partial charge in [0.15, 0.2) is 5.82 Å². The number of carbonyl (C=O) groups excluding carboxylic acids is 2. The molecule has 2 aromatic carbocycles. The van der Waals surface area contributed by atoms with Crippen molar-refractivity contribution >= 4 is 29.2 Å². The summed E-state index contributed by atoms with van der Waals surface area (Å²) in [6.45, 7) is 6.35.